The molecule has 2 aromatic rings. The number of rotatable bonds is 5. The second-order valence-electron chi connectivity index (χ2n) is 6.42. The summed E-state index contributed by atoms with van der Waals surface area (Å²) in [6.07, 6.45) is -15.7. The Kier molecular flexibility index (Phi) is 5.16. The van der Waals surface area contributed by atoms with Crippen molar-refractivity contribution in [3.05, 3.63) is 63.2 Å². The highest BCUT2D eigenvalue weighted by atomic mass is 19.4. The lowest BCUT2D eigenvalue weighted by Crippen LogP contribution is -2.45. The van der Waals surface area contributed by atoms with Crippen molar-refractivity contribution in [1.82, 2.24) is 0 Å². The summed E-state index contributed by atoms with van der Waals surface area (Å²) in [5, 5.41) is 11.2. The van der Waals surface area contributed by atoms with Crippen molar-refractivity contribution < 1.29 is 45.6 Å². The van der Waals surface area contributed by atoms with Crippen LogP contribution < -0.4 is 9.64 Å². The SMILES string of the molecule is Cc1cc(OC(F)(F)C(F)C(F)(F)F)ccc1N1C(=O)c2cccc([N+](=O)[O-])c2C1=O. The molecule has 3 rings (SSSR count). The Labute approximate surface area is 169 Å². The smallest absolute Gasteiger partial charge is 0.430 e. The van der Waals surface area contributed by atoms with Gasteiger partial charge in [-0.25, -0.2) is 9.29 Å². The number of benzene rings is 2. The van der Waals surface area contributed by atoms with Crippen molar-refractivity contribution in [1.29, 1.82) is 0 Å². The third-order valence-electron chi connectivity index (χ3n) is 4.34. The van der Waals surface area contributed by atoms with Crippen LogP contribution in [0.4, 0.5) is 37.7 Å². The Morgan fingerprint density at radius 2 is 1.71 bits per heavy atom. The molecule has 164 valence electrons. The summed E-state index contributed by atoms with van der Waals surface area (Å²) in [4.78, 5) is 36.1. The number of carbonyl (C=O) groups is 2. The minimum Gasteiger partial charge on any atom is -0.430 e. The van der Waals surface area contributed by atoms with Crippen molar-refractivity contribution in [3.8, 4) is 5.75 Å². The van der Waals surface area contributed by atoms with Gasteiger partial charge in [-0.2, -0.15) is 22.0 Å². The van der Waals surface area contributed by atoms with Crippen LogP contribution in [0.1, 0.15) is 26.3 Å². The molecule has 1 heterocycles. The number of alkyl halides is 6. The first-order chi connectivity index (χ1) is 14.3. The lowest BCUT2D eigenvalue weighted by molar-refractivity contribution is -0.385. The monoisotopic (exact) mass is 448 g/mol. The van der Waals surface area contributed by atoms with E-state index in [4.69, 9.17) is 0 Å². The highest BCUT2D eigenvalue weighted by Gasteiger charge is 2.59. The van der Waals surface area contributed by atoms with E-state index in [2.05, 4.69) is 4.74 Å². The maximum Gasteiger partial charge on any atom is 0.439 e. The van der Waals surface area contributed by atoms with Gasteiger partial charge < -0.3 is 4.74 Å². The summed E-state index contributed by atoms with van der Waals surface area (Å²) >= 11 is 0. The summed E-state index contributed by atoms with van der Waals surface area (Å²) in [6.45, 7) is 1.22. The van der Waals surface area contributed by atoms with Gasteiger partial charge in [0.25, 0.3) is 23.7 Å². The lowest BCUT2D eigenvalue weighted by Gasteiger charge is -2.24. The zero-order chi connectivity index (χ0) is 23.3. The molecule has 0 fully saturated rings. The van der Waals surface area contributed by atoms with E-state index >= 15 is 0 Å². The molecule has 31 heavy (non-hydrogen) atoms. The van der Waals surface area contributed by atoms with Crippen molar-refractivity contribution in [3.63, 3.8) is 0 Å². The molecule has 1 aliphatic rings. The van der Waals surface area contributed by atoms with Crippen molar-refractivity contribution in [2.45, 2.75) is 25.4 Å². The number of nitro groups is 1. The summed E-state index contributed by atoms with van der Waals surface area (Å²) in [7, 11) is 0. The minimum absolute atomic E-state index is 0.0760. The fraction of sp³-hybridized carbons (Fsp3) is 0.222. The summed E-state index contributed by atoms with van der Waals surface area (Å²) in [5.41, 5.74) is -1.58. The van der Waals surface area contributed by atoms with Crippen LogP contribution in [0.5, 0.6) is 5.75 Å². The second kappa shape index (κ2) is 7.25. The fourth-order valence-electron chi connectivity index (χ4n) is 2.98. The molecule has 1 unspecified atom stereocenters. The minimum atomic E-state index is -5.87. The molecule has 2 aromatic carbocycles. The van der Waals surface area contributed by atoms with Crippen LogP contribution in [0.15, 0.2) is 36.4 Å². The zero-order valence-corrected chi connectivity index (χ0v) is 15.2. The number of imide groups is 1. The van der Waals surface area contributed by atoms with E-state index in [0.717, 1.165) is 18.2 Å². The number of nitro benzene ring substituents is 1. The number of hydrogen-bond donors (Lipinski definition) is 0. The van der Waals surface area contributed by atoms with Gasteiger partial charge in [0.1, 0.15) is 11.3 Å². The first kappa shape index (κ1) is 22.1. The number of fused-ring (bicyclic) bond motifs is 1. The van der Waals surface area contributed by atoms with Gasteiger partial charge in [0.2, 0.25) is 0 Å². The predicted octanol–water partition coefficient (Wildman–Crippen LogP) is 4.58. The molecular formula is C18H10F6N2O5. The maximum atomic E-state index is 13.5. The molecule has 1 aliphatic heterocycles. The summed E-state index contributed by atoms with van der Waals surface area (Å²) in [6, 6.07) is 5.80. The Morgan fingerprint density at radius 1 is 1.06 bits per heavy atom. The largest absolute Gasteiger partial charge is 0.439 e. The van der Waals surface area contributed by atoms with Gasteiger partial charge in [-0.1, -0.05) is 6.07 Å². The number of aryl methyl sites for hydroxylation is 1. The highest BCUT2D eigenvalue weighted by Crippen LogP contribution is 2.39. The molecule has 0 aromatic heterocycles. The van der Waals surface area contributed by atoms with Crippen LogP contribution in [0, 0.1) is 17.0 Å². The molecule has 0 spiro atoms. The average Bonchev–Trinajstić information content (AvgIpc) is 2.91. The fourth-order valence-corrected chi connectivity index (χ4v) is 2.98. The molecule has 0 bridgehead atoms. The quantitative estimate of drug-likeness (QED) is 0.289. The Balaban J connectivity index is 1.94. The third kappa shape index (κ3) is 3.78. The number of ether oxygens (including phenoxy) is 1. The number of nitrogens with zero attached hydrogens (tertiary/aromatic N) is 2. The van der Waals surface area contributed by atoms with E-state index in [0.29, 0.717) is 11.0 Å². The van der Waals surface area contributed by atoms with Crippen LogP contribution >= 0.6 is 0 Å². The number of hydrogen-bond acceptors (Lipinski definition) is 5. The Hall–Kier alpha value is -3.64. The number of halogens is 6. The topological polar surface area (TPSA) is 89.8 Å². The summed E-state index contributed by atoms with van der Waals surface area (Å²) in [5.74, 6) is -2.83. The van der Waals surface area contributed by atoms with E-state index < -0.39 is 52.2 Å². The average molecular weight is 448 g/mol. The highest BCUT2D eigenvalue weighted by molar-refractivity contribution is 6.35. The molecular weight excluding hydrogens is 438 g/mol. The van der Waals surface area contributed by atoms with Gasteiger partial charge in [-0.15, -0.1) is 0 Å². The maximum absolute atomic E-state index is 13.5. The van der Waals surface area contributed by atoms with E-state index in [1.54, 1.807) is 0 Å². The molecule has 0 saturated carbocycles. The summed E-state index contributed by atoms with van der Waals surface area (Å²) < 4.78 is 80.5. The van der Waals surface area contributed by atoms with Crippen molar-refractivity contribution >= 4 is 23.2 Å². The van der Waals surface area contributed by atoms with Gasteiger partial charge in [0, 0.05) is 6.07 Å². The van der Waals surface area contributed by atoms with Crippen LogP contribution in [-0.2, 0) is 0 Å². The van der Waals surface area contributed by atoms with Gasteiger partial charge in [0.15, 0.2) is 0 Å². The predicted molar refractivity (Wildman–Crippen MR) is 91.9 cm³/mol. The van der Waals surface area contributed by atoms with E-state index in [9.17, 15) is 46.0 Å². The van der Waals surface area contributed by atoms with Crippen LogP contribution in [0.25, 0.3) is 0 Å². The molecule has 0 N–H and O–H groups in total. The molecule has 7 nitrogen and oxygen atoms in total. The number of anilines is 1. The molecule has 2 amide bonds. The standard InChI is InChI=1S/C18H10F6N2O5/c1-8-7-9(31-18(23,24)16(19)17(20,21)22)5-6-11(8)25-14(27)10-3-2-4-12(26(29)30)13(10)15(25)28/h2-7,16H,1H3. The molecule has 0 saturated heterocycles. The first-order valence-electron chi connectivity index (χ1n) is 8.30. The zero-order valence-electron chi connectivity index (χ0n) is 15.2. The first-order valence-corrected chi connectivity index (χ1v) is 8.30. The molecule has 13 heteroatoms. The van der Waals surface area contributed by atoms with E-state index in [1.807, 2.05) is 0 Å². The number of amides is 2. The second-order valence-corrected chi connectivity index (χ2v) is 6.42. The van der Waals surface area contributed by atoms with Crippen LogP contribution in [0.3, 0.4) is 0 Å². The van der Waals surface area contributed by atoms with E-state index in [-0.39, 0.29) is 16.8 Å². The lowest BCUT2D eigenvalue weighted by atomic mass is 10.1. The van der Waals surface area contributed by atoms with Gasteiger partial charge in [-0.05, 0) is 36.8 Å². The van der Waals surface area contributed by atoms with Gasteiger partial charge in [-0.3, -0.25) is 19.7 Å². The van der Waals surface area contributed by atoms with E-state index in [1.165, 1.54) is 19.1 Å². The molecule has 1 atom stereocenters. The third-order valence-corrected chi connectivity index (χ3v) is 4.34. The Bertz CT molecular complexity index is 1100. The van der Waals surface area contributed by atoms with Crippen molar-refractivity contribution in [2.24, 2.45) is 0 Å². The van der Waals surface area contributed by atoms with Gasteiger partial charge in [0.05, 0.1) is 16.2 Å². The van der Waals surface area contributed by atoms with Crippen molar-refractivity contribution in [2.75, 3.05) is 4.90 Å². The van der Waals surface area contributed by atoms with Crippen LogP contribution in [-0.4, -0.2) is 35.2 Å². The Morgan fingerprint density at radius 3 is 2.26 bits per heavy atom. The van der Waals surface area contributed by atoms with Gasteiger partial charge >= 0.3 is 12.3 Å². The molecule has 0 aliphatic carbocycles. The molecule has 0 radical (unpaired) electrons. The number of carbonyl (C=O) groups excluding carboxylic acids is 2. The van der Waals surface area contributed by atoms with Crippen LogP contribution in [0.2, 0.25) is 0 Å². The normalized spacial score (nSPS) is 15.1.